The molecule has 238 valence electrons. The van der Waals surface area contributed by atoms with Crippen LogP contribution in [0.2, 0.25) is 5.02 Å². The molecule has 1 aliphatic carbocycles. The quantitative estimate of drug-likeness (QED) is 0.187. The number of carboxylic acid groups (broad SMARTS) is 1. The number of hydrogen-bond donors (Lipinski definition) is 2. The molecule has 2 N–H and O–H groups in total. The minimum atomic E-state index is -5.08. The van der Waals surface area contributed by atoms with Crippen molar-refractivity contribution < 1.29 is 37.1 Å². The number of halogens is 5. The Morgan fingerprint density at radius 3 is 2.51 bits per heavy atom. The predicted octanol–water partition coefficient (Wildman–Crippen LogP) is 6.22. The molecule has 9 nitrogen and oxygen atoms in total. The van der Waals surface area contributed by atoms with Gasteiger partial charge in [-0.3, -0.25) is 14.7 Å². The number of pyridine rings is 1. The van der Waals surface area contributed by atoms with Gasteiger partial charge in [-0.05, 0) is 69.1 Å². The summed E-state index contributed by atoms with van der Waals surface area (Å²) in [5.74, 6) is -2.91. The third-order valence-electron chi connectivity index (χ3n) is 8.16. The molecule has 2 saturated heterocycles. The van der Waals surface area contributed by atoms with E-state index in [-0.39, 0.29) is 37.6 Å². The summed E-state index contributed by atoms with van der Waals surface area (Å²) in [4.78, 5) is 42.9. The number of aromatic nitrogens is 2. The Labute approximate surface area is 263 Å². The van der Waals surface area contributed by atoms with E-state index in [2.05, 4.69) is 10.3 Å². The first-order chi connectivity index (χ1) is 21.3. The Hall–Kier alpha value is -3.75. The number of piperidine rings is 1. The second kappa shape index (κ2) is 11.9. The van der Waals surface area contributed by atoms with Crippen molar-refractivity contribution in [3.8, 4) is 11.1 Å². The number of alkyl halides is 4. The van der Waals surface area contributed by atoms with Gasteiger partial charge in [-0.2, -0.15) is 13.2 Å². The summed E-state index contributed by atoms with van der Waals surface area (Å²) >= 11 is 8.09. The van der Waals surface area contributed by atoms with Gasteiger partial charge in [-0.1, -0.05) is 11.6 Å². The molecular formula is C30H28ClF4N5O4S. The fourth-order valence-electron chi connectivity index (χ4n) is 5.81. The lowest BCUT2D eigenvalue weighted by atomic mass is 9.94. The van der Waals surface area contributed by atoms with E-state index in [0.717, 1.165) is 50.0 Å². The maximum atomic E-state index is 15.7. The molecule has 1 aromatic carbocycles. The van der Waals surface area contributed by atoms with Crippen molar-refractivity contribution in [2.45, 2.75) is 56.7 Å². The maximum absolute atomic E-state index is 15.7. The molecule has 45 heavy (non-hydrogen) atoms. The van der Waals surface area contributed by atoms with E-state index in [9.17, 15) is 22.8 Å². The number of rotatable bonds is 6. The average Bonchev–Trinajstić information content (AvgIpc) is 3.53. The highest BCUT2D eigenvalue weighted by molar-refractivity contribution is 7.19. The molecule has 0 atom stereocenters. The van der Waals surface area contributed by atoms with Crippen LogP contribution in [0.25, 0.3) is 32.2 Å². The minimum absolute atomic E-state index is 0.153. The Morgan fingerprint density at radius 1 is 1.13 bits per heavy atom. The lowest BCUT2D eigenvalue weighted by Crippen LogP contribution is -2.41. The van der Waals surface area contributed by atoms with E-state index in [1.54, 1.807) is 11.1 Å². The molecule has 3 aliphatic rings. The molecule has 0 spiro atoms. The van der Waals surface area contributed by atoms with Gasteiger partial charge in [0.1, 0.15) is 12.2 Å². The summed E-state index contributed by atoms with van der Waals surface area (Å²) in [5.41, 5.74) is 2.35. The number of amides is 3. The van der Waals surface area contributed by atoms with Gasteiger partial charge in [0, 0.05) is 44.8 Å². The molecule has 0 unspecified atom stereocenters. The van der Waals surface area contributed by atoms with Crippen molar-refractivity contribution >= 4 is 62.0 Å². The number of hydrogen-bond acceptors (Lipinski definition) is 6. The van der Waals surface area contributed by atoms with Crippen LogP contribution < -0.4 is 5.32 Å². The largest absolute Gasteiger partial charge is 0.490 e. The zero-order valence-corrected chi connectivity index (χ0v) is 25.3. The van der Waals surface area contributed by atoms with E-state index in [0.29, 0.717) is 31.0 Å². The number of nitrogens with zero attached hydrogens (tertiary/aromatic N) is 4. The minimum Gasteiger partial charge on any atom is -0.475 e. The van der Waals surface area contributed by atoms with E-state index >= 15 is 4.39 Å². The van der Waals surface area contributed by atoms with Crippen molar-refractivity contribution in [2.24, 2.45) is 0 Å². The molecular weight excluding hydrogens is 638 g/mol. The average molecular weight is 666 g/mol. The number of aliphatic carboxylic acids is 1. The van der Waals surface area contributed by atoms with Crippen LogP contribution in [0.5, 0.6) is 0 Å². The van der Waals surface area contributed by atoms with Gasteiger partial charge in [0.15, 0.2) is 0 Å². The molecule has 0 bridgehead atoms. The van der Waals surface area contributed by atoms with Gasteiger partial charge >= 0.3 is 18.2 Å². The number of fused-ring (bicyclic) bond motifs is 2. The lowest BCUT2D eigenvalue weighted by molar-refractivity contribution is -0.192. The first-order valence-electron chi connectivity index (χ1n) is 14.3. The highest BCUT2D eigenvalue weighted by atomic mass is 35.5. The Bertz CT molecular complexity index is 1800. The fourth-order valence-corrected chi connectivity index (χ4v) is 7.17. The molecule has 2 aliphatic heterocycles. The van der Waals surface area contributed by atoms with Crippen molar-refractivity contribution in [3.05, 3.63) is 52.6 Å². The number of carbonyl (C=O) groups is 3. The summed E-state index contributed by atoms with van der Waals surface area (Å²) in [7, 11) is 0. The van der Waals surface area contributed by atoms with Crippen molar-refractivity contribution in [1.82, 2.24) is 24.7 Å². The number of imide groups is 1. The molecule has 3 aromatic heterocycles. The monoisotopic (exact) mass is 665 g/mol. The maximum Gasteiger partial charge on any atom is 0.490 e. The lowest BCUT2D eigenvalue weighted by Gasteiger charge is -2.31. The van der Waals surface area contributed by atoms with E-state index < -0.39 is 17.8 Å². The molecule has 3 fully saturated rings. The number of urea groups is 1. The fraction of sp³-hybridized carbons (Fsp3) is 0.400. The van der Waals surface area contributed by atoms with Crippen LogP contribution in [-0.2, 0) is 22.7 Å². The van der Waals surface area contributed by atoms with Gasteiger partial charge in [-0.15, -0.1) is 11.3 Å². The second-order valence-electron chi connectivity index (χ2n) is 11.4. The Kier molecular flexibility index (Phi) is 8.25. The van der Waals surface area contributed by atoms with Crippen molar-refractivity contribution in [1.29, 1.82) is 0 Å². The number of thiophene rings is 1. The SMILES string of the molecule is O=C(O)C(F)(F)F.O=C1CN(C2CC2)C(=O)N1Cc1cc2nccc(-c3cc(Cl)cc4ccn(CC5(F)CCNCC5)c34)c2s1. The Morgan fingerprint density at radius 2 is 1.84 bits per heavy atom. The summed E-state index contributed by atoms with van der Waals surface area (Å²) in [6, 6.07) is 9.76. The molecule has 4 aromatic rings. The van der Waals surface area contributed by atoms with Gasteiger partial charge in [0.2, 0.25) is 0 Å². The molecule has 3 amide bonds. The molecule has 0 radical (unpaired) electrons. The van der Waals surface area contributed by atoms with Crippen molar-refractivity contribution in [2.75, 3.05) is 19.6 Å². The van der Waals surface area contributed by atoms with Gasteiger partial charge in [0.05, 0.1) is 28.8 Å². The first kappa shape index (κ1) is 31.2. The summed E-state index contributed by atoms with van der Waals surface area (Å²) in [5, 5.41) is 11.9. The Balaban J connectivity index is 0.000000460. The standard InChI is InChI=1S/C28H27ClFN5O2S.C2HF3O2/c29-18-11-17-4-10-33(16-28(30)5-8-31-9-6-28)25(17)22(12-18)21-3-7-32-23-13-20(38-26(21)23)14-35-24(36)15-34(27(35)37)19-1-2-19;3-2(4,5)1(6)7/h3-4,7,10-13,19,31H,1-2,5-6,8-9,14-16H2;(H,6,7). The van der Waals surface area contributed by atoms with Gasteiger partial charge in [-0.25, -0.2) is 14.0 Å². The van der Waals surface area contributed by atoms with Crippen LogP contribution >= 0.6 is 22.9 Å². The first-order valence-corrected chi connectivity index (χ1v) is 15.5. The number of carboxylic acids is 1. The molecule has 5 heterocycles. The number of nitrogens with one attached hydrogen (secondary N) is 1. The zero-order valence-electron chi connectivity index (χ0n) is 23.7. The van der Waals surface area contributed by atoms with Gasteiger partial charge in [0.25, 0.3) is 5.91 Å². The summed E-state index contributed by atoms with van der Waals surface area (Å²) < 4.78 is 50.4. The van der Waals surface area contributed by atoms with Crippen LogP contribution in [0.3, 0.4) is 0 Å². The smallest absolute Gasteiger partial charge is 0.475 e. The topological polar surface area (TPSA) is 108 Å². The third-order valence-corrected chi connectivity index (χ3v) is 9.52. The van der Waals surface area contributed by atoms with E-state index in [1.165, 1.54) is 16.2 Å². The normalized spacial score (nSPS) is 18.5. The van der Waals surface area contributed by atoms with Crippen LogP contribution in [0.1, 0.15) is 30.6 Å². The molecule has 15 heteroatoms. The highest BCUT2D eigenvalue weighted by Crippen LogP contribution is 2.41. The van der Waals surface area contributed by atoms with E-state index in [4.69, 9.17) is 21.5 Å². The zero-order chi connectivity index (χ0) is 32.1. The highest BCUT2D eigenvalue weighted by Gasteiger charge is 2.44. The van der Waals surface area contributed by atoms with Crippen LogP contribution in [0.4, 0.5) is 22.4 Å². The second-order valence-corrected chi connectivity index (χ2v) is 13.0. The predicted molar refractivity (Wildman–Crippen MR) is 161 cm³/mol. The van der Waals surface area contributed by atoms with Crippen LogP contribution in [0, 0.1) is 0 Å². The van der Waals surface area contributed by atoms with Crippen LogP contribution in [0.15, 0.2) is 42.7 Å². The summed E-state index contributed by atoms with van der Waals surface area (Å²) in [6.07, 6.45) is 1.53. The number of carbonyl (C=O) groups excluding carboxylic acids is 2. The molecule has 7 rings (SSSR count). The van der Waals surface area contributed by atoms with Crippen LogP contribution in [-0.4, -0.2) is 79.9 Å². The number of benzene rings is 1. The van der Waals surface area contributed by atoms with Gasteiger partial charge < -0.3 is 19.9 Å². The molecule has 1 saturated carbocycles. The third kappa shape index (κ3) is 6.49. The summed E-state index contributed by atoms with van der Waals surface area (Å²) in [6.45, 7) is 2.05. The van der Waals surface area contributed by atoms with E-state index in [1.807, 2.05) is 41.1 Å². The van der Waals surface area contributed by atoms with Crippen molar-refractivity contribution in [3.63, 3.8) is 0 Å².